The van der Waals surface area contributed by atoms with Crippen LogP contribution in [-0.2, 0) is 28.6 Å². The molecule has 0 aromatic carbocycles. The quantitative estimate of drug-likeness (QED) is 0.0262. The standard InChI is InChI=1S/C58H106O6/c1-4-7-10-13-16-19-22-24-26-27-28-29-30-32-33-36-39-42-45-48-51-57(60)63-54-55(53-62-56(59)50-47-44-41-38-35-21-18-15-12-9-6-3)64-58(61)52-49-46-43-40-37-34-31-25-23-20-17-14-11-8-5-2/h15,17-18,20,25,31,55H,4-14,16,19,21-24,26-30,32-54H2,1-3H3/b18-15-,20-17-,31-25-. The first-order chi connectivity index (χ1) is 31.5. The Morgan fingerprint density at radius 2 is 0.578 bits per heavy atom. The summed E-state index contributed by atoms with van der Waals surface area (Å²) in [5.74, 6) is -0.888. The van der Waals surface area contributed by atoms with Crippen molar-refractivity contribution in [3.63, 3.8) is 0 Å². The summed E-state index contributed by atoms with van der Waals surface area (Å²) >= 11 is 0. The zero-order valence-corrected chi connectivity index (χ0v) is 42.8. The van der Waals surface area contributed by atoms with E-state index in [1.807, 2.05) is 0 Å². The average molecular weight is 899 g/mol. The molecule has 0 N–H and O–H groups in total. The van der Waals surface area contributed by atoms with Crippen molar-refractivity contribution in [3.8, 4) is 0 Å². The van der Waals surface area contributed by atoms with E-state index >= 15 is 0 Å². The van der Waals surface area contributed by atoms with E-state index in [0.29, 0.717) is 19.3 Å². The van der Waals surface area contributed by atoms with Crippen LogP contribution in [0.4, 0.5) is 0 Å². The maximum Gasteiger partial charge on any atom is 0.306 e. The van der Waals surface area contributed by atoms with Crippen LogP contribution in [0, 0.1) is 0 Å². The van der Waals surface area contributed by atoms with Crippen molar-refractivity contribution < 1.29 is 28.6 Å². The maximum absolute atomic E-state index is 12.8. The summed E-state index contributed by atoms with van der Waals surface area (Å²) in [6.45, 7) is 6.59. The minimum absolute atomic E-state index is 0.0773. The van der Waals surface area contributed by atoms with Gasteiger partial charge < -0.3 is 14.2 Å². The first kappa shape index (κ1) is 61.6. The molecule has 0 rings (SSSR count). The molecule has 1 atom stereocenters. The van der Waals surface area contributed by atoms with Crippen LogP contribution in [-0.4, -0.2) is 37.2 Å². The van der Waals surface area contributed by atoms with Crippen molar-refractivity contribution in [3.05, 3.63) is 36.5 Å². The van der Waals surface area contributed by atoms with Crippen molar-refractivity contribution >= 4 is 17.9 Å². The van der Waals surface area contributed by atoms with Gasteiger partial charge in [-0.1, -0.05) is 243 Å². The van der Waals surface area contributed by atoms with Crippen molar-refractivity contribution in [2.24, 2.45) is 0 Å². The number of rotatable bonds is 51. The highest BCUT2D eigenvalue weighted by molar-refractivity contribution is 5.71. The van der Waals surface area contributed by atoms with Crippen LogP contribution in [0.5, 0.6) is 0 Å². The molecule has 0 aliphatic carbocycles. The SMILES string of the molecule is CCCC/C=C\CCCCCCCC(=O)OCC(COC(=O)CCCCCCCCCCCCCCCCCCCCCC)OC(=O)CCCCCCC/C=C\C/C=C\CCCCC. The van der Waals surface area contributed by atoms with E-state index in [4.69, 9.17) is 14.2 Å². The first-order valence-corrected chi connectivity index (χ1v) is 28.0. The summed E-state index contributed by atoms with van der Waals surface area (Å²) in [4.78, 5) is 38.0. The van der Waals surface area contributed by atoms with Crippen molar-refractivity contribution in [1.29, 1.82) is 0 Å². The lowest BCUT2D eigenvalue weighted by Gasteiger charge is -2.18. The molecule has 0 heterocycles. The molecule has 1 unspecified atom stereocenters. The Morgan fingerprint density at radius 1 is 0.312 bits per heavy atom. The van der Waals surface area contributed by atoms with Crippen molar-refractivity contribution in [2.75, 3.05) is 13.2 Å². The Bertz CT molecular complexity index is 1080. The molecule has 0 bridgehead atoms. The largest absolute Gasteiger partial charge is 0.462 e. The first-order valence-electron chi connectivity index (χ1n) is 28.0. The van der Waals surface area contributed by atoms with Crippen molar-refractivity contribution in [1.82, 2.24) is 0 Å². The highest BCUT2D eigenvalue weighted by Gasteiger charge is 2.19. The van der Waals surface area contributed by atoms with Gasteiger partial charge in [-0.3, -0.25) is 14.4 Å². The van der Waals surface area contributed by atoms with Crippen LogP contribution in [0.2, 0.25) is 0 Å². The third-order valence-electron chi connectivity index (χ3n) is 12.4. The number of carbonyl (C=O) groups is 3. The predicted octanol–water partition coefficient (Wildman–Crippen LogP) is 18.5. The molecule has 0 aromatic rings. The predicted molar refractivity (Wildman–Crippen MR) is 275 cm³/mol. The highest BCUT2D eigenvalue weighted by atomic mass is 16.6. The molecule has 0 aliphatic rings. The molecule has 374 valence electrons. The molecule has 0 fully saturated rings. The van der Waals surface area contributed by atoms with Crippen molar-refractivity contribution in [2.45, 2.75) is 303 Å². The summed E-state index contributed by atoms with van der Waals surface area (Å²) in [5, 5.41) is 0. The number of hydrogen-bond acceptors (Lipinski definition) is 6. The molecular weight excluding hydrogens is 793 g/mol. The van der Waals surface area contributed by atoms with Gasteiger partial charge in [-0.2, -0.15) is 0 Å². The molecule has 0 saturated carbocycles. The van der Waals surface area contributed by atoms with Gasteiger partial charge in [0.15, 0.2) is 6.10 Å². The minimum atomic E-state index is -0.779. The van der Waals surface area contributed by atoms with Crippen LogP contribution in [0.1, 0.15) is 297 Å². The Morgan fingerprint density at radius 3 is 0.953 bits per heavy atom. The molecule has 64 heavy (non-hydrogen) atoms. The third kappa shape index (κ3) is 50.6. The Kier molecular flexibility index (Phi) is 51.3. The number of unbranched alkanes of at least 4 members (excludes halogenated alkanes) is 34. The molecule has 0 spiro atoms. The molecular formula is C58H106O6. The summed E-state index contributed by atoms with van der Waals surface area (Å²) in [7, 11) is 0. The zero-order valence-electron chi connectivity index (χ0n) is 42.8. The number of carbonyl (C=O) groups excluding carboxylic acids is 3. The van der Waals surface area contributed by atoms with Gasteiger partial charge in [0.1, 0.15) is 13.2 Å². The van der Waals surface area contributed by atoms with Crippen LogP contribution >= 0.6 is 0 Å². The van der Waals surface area contributed by atoms with E-state index in [1.165, 1.54) is 167 Å². The third-order valence-corrected chi connectivity index (χ3v) is 12.4. The lowest BCUT2D eigenvalue weighted by molar-refractivity contribution is -0.167. The summed E-state index contributed by atoms with van der Waals surface area (Å²) in [6.07, 6.45) is 62.8. The van der Waals surface area contributed by atoms with Gasteiger partial charge in [0.2, 0.25) is 0 Å². The number of esters is 3. The second-order valence-electron chi connectivity index (χ2n) is 18.8. The fourth-order valence-electron chi connectivity index (χ4n) is 8.10. The summed E-state index contributed by atoms with van der Waals surface area (Å²) in [6, 6.07) is 0. The van der Waals surface area contributed by atoms with Gasteiger partial charge >= 0.3 is 17.9 Å². The zero-order chi connectivity index (χ0) is 46.5. The fourth-order valence-corrected chi connectivity index (χ4v) is 8.10. The molecule has 0 amide bonds. The second-order valence-corrected chi connectivity index (χ2v) is 18.8. The lowest BCUT2D eigenvalue weighted by Crippen LogP contribution is -2.30. The Hall–Kier alpha value is -2.37. The topological polar surface area (TPSA) is 78.9 Å². The van der Waals surface area contributed by atoms with E-state index < -0.39 is 6.10 Å². The summed E-state index contributed by atoms with van der Waals surface area (Å²) < 4.78 is 16.8. The van der Waals surface area contributed by atoms with Crippen LogP contribution in [0.15, 0.2) is 36.5 Å². The summed E-state index contributed by atoms with van der Waals surface area (Å²) in [5.41, 5.74) is 0. The van der Waals surface area contributed by atoms with Crippen LogP contribution in [0.3, 0.4) is 0 Å². The van der Waals surface area contributed by atoms with Gasteiger partial charge in [-0.25, -0.2) is 0 Å². The second kappa shape index (κ2) is 53.2. The number of hydrogen-bond donors (Lipinski definition) is 0. The van der Waals surface area contributed by atoms with E-state index in [9.17, 15) is 14.4 Å². The van der Waals surface area contributed by atoms with E-state index in [1.54, 1.807) is 0 Å². The van der Waals surface area contributed by atoms with Crippen LogP contribution in [0.25, 0.3) is 0 Å². The van der Waals surface area contributed by atoms with E-state index in [-0.39, 0.29) is 31.1 Å². The molecule has 6 nitrogen and oxygen atoms in total. The van der Waals surface area contributed by atoms with Gasteiger partial charge in [0.05, 0.1) is 0 Å². The number of ether oxygens (including phenoxy) is 3. The normalized spacial score (nSPS) is 12.2. The van der Waals surface area contributed by atoms with E-state index in [2.05, 4.69) is 57.2 Å². The van der Waals surface area contributed by atoms with Crippen LogP contribution < -0.4 is 0 Å². The van der Waals surface area contributed by atoms with Gasteiger partial charge in [-0.15, -0.1) is 0 Å². The minimum Gasteiger partial charge on any atom is -0.462 e. The molecule has 0 saturated heterocycles. The molecule has 6 heteroatoms. The Balaban J connectivity index is 4.29. The molecule has 0 radical (unpaired) electrons. The monoisotopic (exact) mass is 899 g/mol. The van der Waals surface area contributed by atoms with Gasteiger partial charge in [0.25, 0.3) is 0 Å². The highest BCUT2D eigenvalue weighted by Crippen LogP contribution is 2.16. The number of allylic oxidation sites excluding steroid dienone is 6. The van der Waals surface area contributed by atoms with E-state index in [0.717, 1.165) is 89.9 Å². The molecule has 0 aliphatic heterocycles. The van der Waals surface area contributed by atoms with Gasteiger partial charge in [0, 0.05) is 19.3 Å². The molecule has 0 aromatic heterocycles. The lowest BCUT2D eigenvalue weighted by atomic mass is 10.0. The fraction of sp³-hybridized carbons (Fsp3) is 0.845. The maximum atomic E-state index is 12.8. The average Bonchev–Trinajstić information content (AvgIpc) is 3.29. The smallest absolute Gasteiger partial charge is 0.306 e. The van der Waals surface area contributed by atoms with Gasteiger partial charge in [-0.05, 0) is 70.6 Å². The Labute approximate surface area is 397 Å².